The Labute approximate surface area is 214 Å². The molecule has 2 heterocycles. The number of nitrogens with zero attached hydrogens (tertiary/aromatic N) is 2. The molecular formula is C30H38N2O4. The first kappa shape index (κ1) is 24.7. The molecule has 2 aromatic rings. The highest BCUT2D eigenvalue weighted by Gasteiger charge is 2.38. The second-order valence-electron chi connectivity index (χ2n) is 10.8. The summed E-state index contributed by atoms with van der Waals surface area (Å²) >= 11 is 0. The predicted molar refractivity (Wildman–Crippen MR) is 142 cm³/mol. The zero-order valence-electron chi connectivity index (χ0n) is 22.0. The standard InChI is InChI=1S/C30H38N2O4/c1-21(16-22-10-6-5-7-11-22)19-31(20-25-14-9-15-32(25)24-12-8-13-24)29(33)23-17-26(34-4)28-27(18-23)35-30(2,3)36-28/h5-7,10-11,16-18,24-25H,8-9,12-15,19-20H2,1-4H3/b21-16+/t25-/m0/s1. The van der Waals surface area contributed by atoms with Crippen LogP contribution in [-0.4, -0.2) is 60.3 Å². The van der Waals surface area contributed by atoms with Crippen LogP contribution in [0.25, 0.3) is 6.08 Å². The van der Waals surface area contributed by atoms with Crippen molar-refractivity contribution in [3.05, 3.63) is 59.2 Å². The van der Waals surface area contributed by atoms with Crippen LogP contribution >= 0.6 is 0 Å². The average molecular weight is 491 g/mol. The fourth-order valence-corrected chi connectivity index (χ4v) is 5.65. The van der Waals surface area contributed by atoms with Crippen molar-refractivity contribution in [1.82, 2.24) is 9.80 Å². The molecule has 3 aliphatic rings. The number of hydrogen-bond acceptors (Lipinski definition) is 5. The van der Waals surface area contributed by atoms with Crippen molar-refractivity contribution in [1.29, 1.82) is 0 Å². The van der Waals surface area contributed by atoms with Gasteiger partial charge in [-0.05, 0) is 56.8 Å². The fraction of sp³-hybridized carbons (Fsp3) is 0.500. The van der Waals surface area contributed by atoms with E-state index < -0.39 is 5.79 Å². The van der Waals surface area contributed by atoms with Crippen LogP contribution in [0.1, 0.15) is 68.8 Å². The second kappa shape index (κ2) is 10.2. The van der Waals surface area contributed by atoms with Gasteiger partial charge in [0, 0.05) is 44.6 Å². The minimum Gasteiger partial charge on any atom is -0.493 e. The molecule has 192 valence electrons. The van der Waals surface area contributed by atoms with Gasteiger partial charge in [0.25, 0.3) is 5.91 Å². The summed E-state index contributed by atoms with van der Waals surface area (Å²) in [5, 5.41) is 0. The van der Waals surface area contributed by atoms with Gasteiger partial charge in [-0.3, -0.25) is 9.69 Å². The smallest absolute Gasteiger partial charge is 0.254 e. The molecule has 2 aliphatic heterocycles. The van der Waals surface area contributed by atoms with Crippen molar-refractivity contribution in [2.45, 2.75) is 70.7 Å². The van der Waals surface area contributed by atoms with Crippen molar-refractivity contribution >= 4 is 12.0 Å². The van der Waals surface area contributed by atoms with Crippen molar-refractivity contribution in [3.63, 3.8) is 0 Å². The number of likely N-dealkylation sites (tertiary alicyclic amines) is 1. The molecule has 0 aromatic heterocycles. The van der Waals surface area contributed by atoms with Crippen molar-refractivity contribution in [2.24, 2.45) is 0 Å². The molecule has 2 aromatic carbocycles. The summed E-state index contributed by atoms with van der Waals surface area (Å²) in [5.74, 6) is 0.827. The van der Waals surface area contributed by atoms with Gasteiger partial charge in [0.15, 0.2) is 11.5 Å². The summed E-state index contributed by atoms with van der Waals surface area (Å²) in [6.07, 6.45) is 8.40. The fourth-order valence-electron chi connectivity index (χ4n) is 5.65. The summed E-state index contributed by atoms with van der Waals surface area (Å²) in [4.78, 5) is 18.7. The molecule has 6 heteroatoms. The third kappa shape index (κ3) is 5.24. The number of carbonyl (C=O) groups is 1. The second-order valence-corrected chi connectivity index (χ2v) is 10.8. The molecule has 1 saturated carbocycles. The van der Waals surface area contributed by atoms with E-state index in [9.17, 15) is 4.79 Å². The maximum Gasteiger partial charge on any atom is 0.254 e. The van der Waals surface area contributed by atoms with Gasteiger partial charge < -0.3 is 19.1 Å². The Morgan fingerprint density at radius 3 is 2.61 bits per heavy atom. The Morgan fingerprint density at radius 1 is 1.14 bits per heavy atom. The van der Waals surface area contributed by atoms with Gasteiger partial charge in [-0.25, -0.2) is 0 Å². The number of methoxy groups -OCH3 is 1. The Bertz CT molecular complexity index is 1120. The molecule has 6 nitrogen and oxygen atoms in total. The van der Waals surface area contributed by atoms with Crippen LogP contribution < -0.4 is 14.2 Å². The Kier molecular flexibility index (Phi) is 6.98. The number of carbonyl (C=O) groups excluding carboxylic acids is 1. The summed E-state index contributed by atoms with van der Waals surface area (Å²) < 4.78 is 17.5. The summed E-state index contributed by atoms with van der Waals surface area (Å²) in [6.45, 7) is 8.25. The molecule has 0 N–H and O–H groups in total. The van der Waals surface area contributed by atoms with Gasteiger partial charge in [0.2, 0.25) is 11.5 Å². The predicted octanol–water partition coefficient (Wildman–Crippen LogP) is 5.77. The van der Waals surface area contributed by atoms with E-state index in [1.165, 1.54) is 25.7 Å². The van der Waals surface area contributed by atoms with Gasteiger partial charge in [-0.2, -0.15) is 0 Å². The third-order valence-electron chi connectivity index (χ3n) is 7.53. The molecule has 1 atom stereocenters. The summed E-state index contributed by atoms with van der Waals surface area (Å²) in [7, 11) is 1.60. The first-order chi connectivity index (χ1) is 17.3. The number of benzene rings is 2. The van der Waals surface area contributed by atoms with E-state index >= 15 is 0 Å². The third-order valence-corrected chi connectivity index (χ3v) is 7.53. The number of ether oxygens (including phenoxy) is 3. The average Bonchev–Trinajstić information content (AvgIpc) is 3.39. The van der Waals surface area contributed by atoms with Crippen LogP contribution in [0.4, 0.5) is 0 Å². The molecular weight excluding hydrogens is 452 g/mol. The first-order valence-electron chi connectivity index (χ1n) is 13.2. The van der Waals surface area contributed by atoms with Crippen LogP contribution in [-0.2, 0) is 0 Å². The SMILES string of the molecule is COc1cc(C(=O)N(C/C(C)=C/c2ccccc2)C[C@@H]2CCCN2C2CCC2)cc2c1OC(C)(C)O2. The van der Waals surface area contributed by atoms with E-state index in [-0.39, 0.29) is 5.91 Å². The monoisotopic (exact) mass is 490 g/mol. The highest BCUT2D eigenvalue weighted by molar-refractivity contribution is 5.96. The van der Waals surface area contributed by atoms with Crippen molar-refractivity contribution < 1.29 is 19.0 Å². The zero-order chi connectivity index (χ0) is 25.3. The zero-order valence-corrected chi connectivity index (χ0v) is 22.0. The van der Waals surface area contributed by atoms with Crippen LogP contribution in [0, 0.1) is 0 Å². The van der Waals surface area contributed by atoms with E-state index in [1.807, 2.05) is 36.9 Å². The highest BCUT2D eigenvalue weighted by atomic mass is 16.7. The van der Waals surface area contributed by atoms with Gasteiger partial charge in [0.05, 0.1) is 7.11 Å². The molecule has 0 bridgehead atoms. The van der Waals surface area contributed by atoms with Gasteiger partial charge >= 0.3 is 0 Å². The number of amides is 1. The Morgan fingerprint density at radius 2 is 1.92 bits per heavy atom. The highest BCUT2D eigenvalue weighted by Crippen LogP contribution is 2.47. The number of hydrogen-bond donors (Lipinski definition) is 0. The van der Waals surface area contributed by atoms with E-state index in [2.05, 4.69) is 30.0 Å². The maximum atomic E-state index is 14.0. The molecule has 5 rings (SSSR count). The molecule has 1 amide bonds. The quantitative estimate of drug-likeness (QED) is 0.471. The van der Waals surface area contributed by atoms with E-state index in [0.717, 1.165) is 30.6 Å². The van der Waals surface area contributed by atoms with Crippen LogP contribution in [0.5, 0.6) is 17.2 Å². The largest absolute Gasteiger partial charge is 0.493 e. The lowest BCUT2D eigenvalue weighted by Crippen LogP contribution is -2.49. The van der Waals surface area contributed by atoms with Crippen LogP contribution in [0.3, 0.4) is 0 Å². The van der Waals surface area contributed by atoms with Crippen molar-refractivity contribution in [2.75, 3.05) is 26.7 Å². The van der Waals surface area contributed by atoms with Gasteiger partial charge in [-0.1, -0.05) is 48.4 Å². The number of rotatable bonds is 8. The molecule has 0 spiro atoms. The number of fused-ring (bicyclic) bond motifs is 1. The molecule has 2 fully saturated rings. The van der Waals surface area contributed by atoms with Gasteiger partial charge in [0.1, 0.15) is 0 Å². The first-order valence-corrected chi connectivity index (χ1v) is 13.2. The van der Waals surface area contributed by atoms with E-state index in [0.29, 0.717) is 41.4 Å². The van der Waals surface area contributed by atoms with Crippen LogP contribution in [0.2, 0.25) is 0 Å². The minimum atomic E-state index is -0.793. The maximum absolute atomic E-state index is 14.0. The Balaban J connectivity index is 1.43. The molecule has 0 unspecified atom stereocenters. The lowest BCUT2D eigenvalue weighted by molar-refractivity contribution is -0.0439. The summed E-state index contributed by atoms with van der Waals surface area (Å²) in [5.41, 5.74) is 2.86. The normalized spacial score (nSPS) is 21.3. The van der Waals surface area contributed by atoms with E-state index in [1.54, 1.807) is 19.2 Å². The van der Waals surface area contributed by atoms with Crippen LogP contribution in [0.15, 0.2) is 48.0 Å². The van der Waals surface area contributed by atoms with Crippen molar-refractivity contribution in [3.8, 4) is 17.2 Å². The molecule has 1 saturated heterocycles. The topological polar surface area (TPSA) is 51.2 Å². The summed E-state index contributed by atoms with van der Waals surface area (Å²) in [6, 6.07) is 15.0. The molecule has 36 heavy (non-hydrogen) atoms. The van der Waals surface area contributed by atoms with Gasteiger partial charge in [-0.15, -0.1) is 0 Å². The van der Waals surface area contributed by atoms with E-state index in [4.69, 9.17) is 14.2 Å². The lowest BCUT2D eigenvalue weighted by Gasteiger charge is -2.40. The Hall–Kier alpha value is -2.99. The molecule has 0 radical (unpaired) electrons. The lowest BCUT2D eigenvalue weighted by atomic mass is 9.91. The molecule has 1 aliphatic carbocycles. The minimum absolute atomic E-state index is 0.00863.